The van der Waals surface area contributed by atoms with Crippen LogP contribution in [0.4, 0.5) is 0 Å². The Kier molecular flexibility index (Phi) is 11.7. The van der Waals surface area contributed by atoms with Gasteiger partial charge in [0.05, 0.1) is 19.7 Å². The van der Waals surface area contributed by atoms with Crippen LogP contribution in [0.3, 0.4) is 0 Å². The Labute approximate surface area is 205 Å². The summed E-state index contributed by atoms with van der Waals surface area (Å²) < 4.78 is 22.8. The molecule has 0 aliphatic carbocycles. The Hall–Kier alpha value is -1.49. The molecule has 2 aromatic rings. The molecular formula is C22H37IN4O3S. The number of benzene rings is 1. The van der Waals surface area contributed by atoms with Crippen molar-refractivity contribution in [2.75, 3.05) is 39.6 Å². The molecule has 0 radical (unpaired) electrons. The third kappa shape index (κ3) is 8.51. The molecule has 1 aromatic heterocycles. The van der Waals surface area contributed by atoms with Crippen molar-refractivity contribution in [3.8, 4) is 11.5 Å². The van der Waals surface area contributed by atoms with Crippen molar-refractivity contribution >= 4 is 51.6 Å². The van der Waals surface area contributed by atoms with Gasteiger partial charge in [0, 0.05) is 64.1 Å². The molecule has 2 rings (SSSR count). The fourth-order valence-electron chi connectivity index (χ4n) is 3.03. The van der Waals surface area contributed by atoms with Crippen molar-refractivity contribution in [3.63, 3.8) is 0 Å². The number of nitrogens with one attached hydrogen (secondary N) is 3. The Morgan fingerprint density at radius 3 is 2.52 bits per heavy atom. The van der Waals surface area contributed by atoms with Crippen LogP contribution in [0.1, 0.15) is 39.8 Å². The highest BCUT2D eigenvalue weighted by atomic mass is 127. The predicted octanol–water partition coefficient (Wildman–Crippen LogP) is 3.84. The second kappa shape index (κ2) is 13.1. The molecule has 9 heteroatoms. The third-order valence-corrected chi connectivity index (χ3v) is 6.61. The number of H-pyrrole nitrogens is 1. The SMILES string of the molecule is CCNC(=NCCCc1cc2c(OC)cc(OC)cc2[nH]1)NCCS(=O)C(C)(C)C.I. The lowest BCUT2D eigenvalue weighted by molar-refractivity contribution is 0.398. The molecule has 0 saturated heterocycles. The number of nitrogens with zero attached hydrogens (tertiary/aromatic N) is 1. The van der Waals surface area contributed by atoms with E-state index in [0.717, 1.165) is 53.4 Å². The van der Waals surface area contributed by atoms with Crippen LogP contribution >= 0.6 is 24.0 Å². The molecular weight excluding hydrogens is 527 g/mol. The molecule has 1 atom stereocenters. The first kappa shape index (κ1) is 27.5. The smallest absolute Gasteiger partial charge is 0.191 e. The first-order valence-electron chi connectivity index (χ1n) is 10.4. The van der Waals surface area contributed by atoms with Crippen LogP contribution in [0.15, 0.2) is 23.2 Å². The Balaban J connectivity index is 0.00000480. The normalized spacial score (nSPS) is 12.9. The van der Waals surface area contributed by atoms with Gasteiger partial charge in [0.15, 0.2) is 5.96 Å². The minimum Gasteiger partial charge on any atom is -0.497 e. The van der Waals surface area contributed by atoms with Gasteiger partial charge in [-0.2, -0.15) is 0 Å². The zero-order chi connectivity index (χ0) is 22.1. The van der Waals surface area contributed by atoms with E-state index >= 15 is 0 Å². The van der Waals surface area contributed by atoms with Gasteiger partial charge in [0.1, 0.15) is 11.5 Å². The number of aryl methyl sites for hydroxylation is 1. The van der Waals surface area contributed by atoms with Gasteiger partial charge in [-0.3, -0.25) is 9.20 Å². The topological polar surface area (TPSA) is 87.7 Å². The summed E-state index contributed by atoms with van der Waals surface area (Å²) in [4.78, 5) is 8.09. The summed E-state index contributed by atoms with van der Waals surface area (Å²) in [6.45, 7) is 10.2. The van der Waals surface area contributed by atoms with E-state index < -0.39 is 10.8 Å². The van der Waals surface area contributed by atoms with Crippen LogP contribution in [0.5, 0.6) is 11.5 Å². The predicted molar refractivity (Wildman–Crippen MR) is 142 cm³/mol. The monoisotopic (exact) mass is 564 g/mol. The summed E-state index contributed by atoms with van der Waals surface area (Å²) in [5.74, 6) is 2.95. The van der Waals surface area contributed by atoms with Gasteiger partial charge in [-0.25, -0.2) is 0 Å². The summed E-state index contributed by atoms with van der Waals surface area (Å²) in [5, 5.41) is 7.58. The van der Waals surface area contributed by atoms with E-state index in [-0.39, 0.29) is 28.7 Å². The second-order valence-electron chi connectivity index (χ2n) is 8.04. The number of aliphatic imine (C=N–C) groups is 1. The molecule has 1 unspecified atom stereocenters. The number of hydrogen-bond acceptors (Lipinski definition) is 4. The Morgan fingerprint density at radius 1 is 1.16 bits per heavy atom. The minimum absolute atomic E-state index is 0. The highest BCUT2D eigenvalue weighted by molar-refractivity contribution is 14.0. The highest BCUT2D eigenvalue weighted by Crippen LogP contribution is 2.31. The maximum absolute atomic E-state index is 12.2. The number of aromatic nitrogens is 1. The summed E-state index contributed by atoms with van der Waals surface area (Å²) in [6, 6.07) is 6.00. The van der Waals surface area contributed by atoms with E-state index in [9.17, 15) is 4.21 Å². The van der Waals surface area contributed by atoms with Crippen molar-refractivity contribution in [2.24, 2.45) is 4.99 Å². The number of ether oxygens (including phenoxy) is 2. The molecule has 1 heterocycles. The standard InChI is InChI=1S/C22H36N4O3S.HI/c1-7-23-21(25-11-12-30(27)22(2,3)4)24-10-8-9-16-13-18-19(26-16)14-17(28-5)15-20(18)29-6;/h13-15,26H,7-12H2,1-6H3,(H2,23,24,25);1H. The number of guanidine groups is 1. The Bertz CT molecular complexity index is 877. The number of halogens is 1. The quantitative estimate of drug-likeness (QED) is 0.177. The number of methoxy groups -OCH3 is 2. The zero-order valence-electron chi connectivity index (χ0n) is 19.5. The summed E-state index contributed by atoms with van der Waals surface area (Å²) in [5.41, 5.74) is 2.15. The van der Waals surface area contributed by atoms with Gasteiger partial charge >= 0.3 is 0 Å². The average Bonchev–Trinajstić information content (AvgIpc) is 3.12. The molecule has 176 valence electrons. The maximum atomic E-state index is 12.2. The number of rotatable bonds is 10. The summed E-state index contributed by atoms with van der Waals surface area (Å²) in [6.07, 6.45) is 1.80. The molecule has 0 saturated carbocycles. The first-order chi connectivity index (χ1) is 14.3. The largest absolute Gasteiger partial charge is 0.497 e. The molecule has 0 aliphatic heterocycles. The van der Waals surface area contributed by atoms with Crippen LogP contribution in [-0.2, 0) is 17.2 Å². The van der Waals surface area contributed by atoms with Crippen molar-refractivity contribution in [1.82, 2.24) is 15.6 Å². The number of fused-ring (bicyclic) bond motifs is 1. The fourth-order valence-corrected chi connectivity index (χ4v) is 3.93. The maximum Gasteiger partial charge on any atom is 0.191 e. The van der Waals surface area contributed by atoms with Crippen LogP contribution in [-0.4, -0.2) is 59.5 Å². The van der Waals surface area contributed by atoms with E-state index in [0.29, 0.717) is 18.8 Å². The Morgan fingerprint density at radius 2 is 1.90 bits per heavy atom. The molecule has 0 amide bonds. The molecule has 1 aromatic carbocycles. The van der Waals surface area contributed by atoms with E-state index in [2.05, 4.69) is 26.7 Å². The van der Waals surface area contributed by atoms with Gasteiger partial charge < -0.3 is 25.1 Å². The van der Waals surface area contributed by atoms with Gasteiger partial charge in [-0.1, -0.05) is 0 Å². The van der Waals surface area contributed by atoms with Crippen molar-refractivity contribution in [2.45, 2.75) is 45.3 Å². The van der Waals surface area contributed by atoms with E-state index in [1.165, 1.54) is 0 Å². The first-order valence-corrected chi connectivity index (χ1v) is 11.7. The lowest BCUT2D eigenvalue weighted by atomic mass is 10.2. The van der Waals surface area contributed by atoms with E-state index in [1.807, 2.05) is 39.8 Å². The van der Waals surface area contributed by atoms with Crippen molar-refractivity contribution < 1.29 is 13.7 Å². The lowest BCUT2D eigenvalue weighted by Crippen LogP contribution is -2.40. The van der Waals surface area contributed by atoms with E-state index in [1.54, 1.807) is 14.2 Å². The van der Waals surface area contributed by atoms with Crippen LogP contribution < -0.4 is 20.1 Å². The lowest BCUT2D eigenvalue weighted by Gasteiger charge is -2.18. The van der Waals surface area contributed by atoms with Gasteiger partial charge in [-0.15, -0.1) is 24.0 Å². The zero-order valence-corrected chi connectivity index (χ0v) is 22.6. The summed E-state index contributed by atoms with van der Waals surface area (Å²) >= 11 is 0. The molecule has 0 aliphatic rings. The second-order valence-corrected chi connectivity index (χ2v) is 10.4. The van der Waals surface area contributed by atoms with Crippen LogP contribution in [0.25, 0.3) is 10.9 Å². The molecule has 7 nitrogen and oxygen atoms in total. The highest BCUT2D eigenvalue weighted by Gasteiger charge is 2.18. The van der Waals surface area contributed by atoms with Crippen LogP contribution in [0.2, 0.25) is 0 Å². The fraction of sp³-hybridized carbons (Fsp3) is 0.591. The van der Waals surface area contributed by atoms with E-state index in [4.69, 9.17) is 9.47 Å². The third-order valence-electron chi connectivity index (χ3n) is 4.67. The number of aromatic amines is 1. The van der Waals surface area contributed by atoms with Gasteiger partial charge in [0.2, 0.25) is 0 Å². The number of hydrogen-bond donors (Lipinski definition) is 3. The molecule has 0 bridgehead atoms. The molecule has 0 fully saturated rings. The molecule has 0 spiro atoms. The summed E-state index contributed by atoms with van der Waals surface area (Å²) in [7, 11) is 2.45. The van der Waals surface area contributed by atoms with Crippen molar-refractivity contribution in [1.29, 1.82) is 0 Å². The van der Waals surface area contributed by atoms with Crippen LogP contribution in [0, 0.1) is 0 Å². The van der Waals surface area contributed by atoms with Gasteiger partial charge in [0.25, 0.3) is 0 Å². The molecule has 31 heavy (non-hydrogen) atoms. The average molecular weight is 565 g/mol. The molecule has 3 N–H and O–H groups in total. The minimum atomic E-state index is -0.872. The van der Waals surface area contributed by atoms with Gasteiger partial charge in [-0.05, 0) is 46.6 Å². The van der Waals surface area contributed by atoms with Crippen molar-refractivity contribution in [3.05, 3.63) is 23.9 Å².